The summed E-state index contributed by atoms with van der Waals surface area (Å²) in [6.45, 7) is 4.47. The number of nitrogens with zero attached hydrogens (tertiary/aromatic N) is 2. The second-order valence-corrected chi connectivity index (χ2v) is 9.72. The first-order valence-corrected chi connectivity index (χ1v) is 12.3. The monoisotopic (exact) mass is 502 g/mol. The average Bonchev–Trinajstić information content (AvgIpc) is 2.88. The molecule has 0 radical (unpaired) electrons. The SMILES string of the molecule is C[C@H]1CNC[C@@](NC(=O)O)(c2ccncc2NC(=O)c2nc3cc(C4=CCOCC4)ccc3cc2N)C1. The van der Waals surface area contributed by atoms with Gasteiger partial charge in [0.1, 0.15) is 0 Å². The Balaban J connectivity index is 1.48. The van der Waals surface area contributed by atoms with Gasteiger partial charge in [-0.05, 0) is 54.6 Å². The zero-order valence-electron chi connectivity index (χ0n) is 20.6. The van der Waals surface area contributed by atoms with Gasteiger partial charge in [-0.3, -0.25) is 9.78 Å². The molecule has 2 aliphatic rings. The molecule has 0 aliphatic carbocycles. The first-order valence-electron chi connectivity index (χ1n) is 12.3. The van der Waals surface area contributed by atoms with Crippen LogP contribution in [0.2, 0.25) is 0 Å². The Morgan fingerprint density at radius 3 is 2.89 bits per heavy atom. The summed E-state index contributed by atoms with van der Waals surface area (Å²) in [5, 5.41) is 19.3. The molecule has 1 aromatic carbocycles. The highest BCUT2D eigenvalue weighted by Gasteiger charge is 2.40. The summed E-state index contributed by atoms with van der Waals surface area (Å²) in [6.07, 6.45) is 5.41. The second-order valence-electron chi connectivity index (χ2n) is 9.72. The van der Waals surface area contributed by atoms with Crippen LogP contribution in [0.1, 0.15) is 41.4 Å². The van der Waals surface area contributed by atoms with Crippen molar-refractivity contribution in [2.45, 2.75) is 25.3 Å². The van der Waals surface area contributed by atoms with E-state index in [0.29, 0.717) is 42.9 Å². The predicted molar refractivity (Wildman–Crippen MR) is 141 cm³/mol. The Labute approximate surface area is 214 Å². The van der Waals surface area contributed by atoms with Crippen LogP contribution in [0.5, 0.6) is 0 Å². The van der Waals surface area contributed by atoms with Gasteiger partial charge < -0.3 is 31.5 Å². The van der Waals surface area contributed by atoms with E-state index in [1.165, 1.54) is 11.8 Å². The summed E-state index contributed by atoms with van der Waals surface area (Å²) in [7, 11) is 0. The van der Waals surface area contributed by atoms with Gasteiger partial charge in [-0.25, -0.2) is 9.78 Å². The standard InChI is InChI=1S/C27H30N6O4/c1-16-12-27(15-30-13-16,33-26(35)36)20-4-7-29-14-23(20)32-25(34)24-21(28)10-19-3-2-18(11-22(19)31-24)17-5-8-37-9-6-17/h2-5,7,10-11,14,16,30,33H,6,8-9,12-13,15,28H2,1H3,(H,32,34)(H,35,36)/t16-,27-/m1/s1. The van der Waals surface area contributed by atoms with E-state index < -0.39 is 17.5 Å². The quantitative estimate of drug-likeness (QED) is 0.356. The number of piperidine rings is 1. The van der Waals surface area contributed by atoms with Gasteiger partial charge in [-0.1, -0.05) is 25.1 Å². The number of carbonyl (C=O) groups is 2. The van der Waals surface area contributed by atoms with E-state index in [0.717, 1.165) is 23.9 Å². The number of benzene rings is 1. The lowest BCUT2D eigenvalue weighted by Gasteiger charge is -2.41. The number of carbonyl (C=O) groups excluding carboxylic acids is 1. The number of fused-ring (bicyclic) bond motifs is 1. The molecule has 2 atom stereocenters. The van der Waals surface area contributed by atoms with Crippen LogP contribution in [-0.4, -0.2) is 53.4 Å². The van der Waals surface area contributed by atoms with Crippen molar-refractivity contribution in [1.29, 1.82) is 0 Å². The summed E-state index contributed by atoms with van der Waals surface area (Å²) in [6, 6.07) is 9.40. The van der Waals surface area contributed by atoms with Gasteiger partial charge in [0, 0.05) is 23.7 Å². The molecule has 0 bridgehead atoms. The van der Waals surface area contributed by atoms with Gasteiger partial charge in [0.05, 0.1) is 41.8 Å². The molecule has 5 rings (SSSR count). The van der Waals surface area contributed by atoms with Crippen LogP contribution in [0.25, 0.3) is 16.5 Å². The molecule has 1 saturated heterocycles. The molecule has 0 saturated carbocycles. The Kier molecular flexibility index (Phi) is 6.77. The van der Waals surface area contributed by atoms with Gasteiger partial charge in [0.2, 0.25) is 0 Å². The molecule has 192 valence electrons. The molecule has 10 nitrogen and oxygen atoms in total. The molecule has 0 spiro atoms. The van der Waals surface area contributed by atoms with Crippen molar-refractivity contribution in [1.82, 2.24) is 20.6 Å². The second kappa shape index (κ2) is 10.2. The van der Waals surface area contributed by atoms with Crippen LogP contribution in [0, 0.1) is 5.92 Å². The van der Waals surface area contributed by atoms with Crippen molar-refractivity contribution >= 4 is 39.9 Å². The van der Waals surface area contributed by atoms with E-state index >= 15 is 0 Å². The fourth-order valence-electron chi connectivity index (χ4n) is 5.29. The minimum Gasteiger partial charge on any atom is -0.465 e. The highest BCUT2D eigenvalue weighted by atomic mass is 16.5. The normalized spacial score (nSPS) is 21.8. The van der Waals surface area contributed by atoms with Crippen molar-refractivity contribution in [3.63, 3.8) is 0 Å². The van der Waals surface area contributed by atoms with Crippen molar-refractivity contribution in [2.75, 3.05) is 37.4 Å². The molecule has 3 aromatic rings. The Bertz CT molecular complexity index is 1390. The van der Waals surface area contributed by atoms with Gasteiger partial charge in [-0.2, -0.15) is 0 Å². The van der Waals surface area contributed by atoms with Gasteiger partial charge >= 0.3 is 6.09 Å². The van der Waals surface area contributed by atoms with Crippen molar-refractivity contribution in [2.24, 2.45) is 5.92 Å². The summed E-state index contributed by atoms with van der Waals surface area (Å²) < 4.78 is 5.41. The van der Waals surface area contributed by atoms with Crippen LogP contribution in [-0.2, 0) is 10.3 Å². The van der Waals surface area contributed by atoms with Crippen LogP contribution in [0.4, 0.5) is 16.2 Å². The lowest BCUT2D eigenvalue weighted by Crippen LogP contribution is -2.57. The maximum Gasteiger partial charge on any atom is 0.405 e. The number of nitrogens with two attached hydrogens (primary N) is 1. The summed E-state index contributed by atoms with van der Waals surface area (Å²) in [4.78, 5) is 34.0. The van der Waals surface area contributed by atoms with Crippen LogP contribution in [0.15, 0.2) is 48.8 Å². The highest BCUT2D eigenvalue weighted by molar-refractivity contribution is 6.08. The maximum atomic E-state index is 13.4. The first kappa shape index (κ1) is 24.7. The Morgan fingerprint density at radius 2 is 2.14 bits per heavy atom. The number of amides is 2. The smallest absolute Gasteiger partial charge is 0.405 e. The molecule has 0 unspecified atom stereocenters. The topological polar surface area (TPSA) is 151 Å². The van der Waals surface area contributed by atoms with E-state index in [9.17, 15) is 14.7 Å². The molecule has 6 N–H and O–H groups in total. The molecule has 4 heterocycles. The fraction of sp³-hybridized carbons (Fsp3) is 0.333. The molecule has 2 aliphatic heterocycles. The number of carboxylic acid groups (broad SMARTS) is 1. The first-order chi connectivity index (χ1) is 17.8. The van der Waals surface area contributed by atoms with Crippen LogP contribution >= 0.6 is 0 Å². The number of hydrogen-bond donors (Lipinski definition) is 5. The van der Waals surface area contributed by atoms with E-state index in [2.05, 4.69) is 32.0 Å². The number of hydrogen-bond acceptors (Lipinski definition) is 7. The zero-order chi connectivity index (χ0) is 26.0. The Hall–Kier alpha value is -4.02. The number of anilines is 2. The third-order valence-corrected chi connectivity index (χ3v) is 6.94. The summed E-state index contributed by atoms with van der Waals surface area (Å²) in [5.74, 6) is -0.276. The molecule has 2 aromatic heterocycles. The van der Waals surface area contributed by atoms with Crippen LogP contribution < -0.4 is 21.7 Å². The van der Waals surface area contributed by atoms with Crippen LogP contribution in [0.3, 0.4) is 0 Å². The van der Waals surface area contributed by atoms with Gasteiger partial charge in [0.15, 0.2) is 5.69 Å². The minimum atomic E-state index is -1.14. The van der Waals surface area contributed by atoms with E-state index in [4.69, 9.17) is 10.5 Å². The number of pyridine rings is 2. The number of nitrogen functional groups attached to an aromatic ring is 1. The van der Waals surface area contributed by atoms with Crippen molar-refractivity contribution < 1.29 is 19.4 Å². The third-order valence-electron chi connectivity index (χ3n) is 6.94. The van der Waals surface area contributed by atoms with E-state index in [1.807, 2.05) is 25.1 Å². The largest absolute Gasteiger partial charge is 0.465 e. The Morgan fingerprint density at radius 1 is 1.27 bits per heavy atom. The minimum absolute atomic E-state index is 0.0933. The summed E-state index contributed by atoms with van der Waals surface area (Å²) in [5.41, 5.74) is 9.57. The van der Waals surface area contributed by atoms with Gasteiger partial charge in [-0.15, -0.1) is 0 Å². The highest BCUT2D eigenvalue weighted by Crippen LogP contribution is 2.36. The number of nitrogens with one attached hydrogen (secondary N) is 3. The lowest BCUT2D eigenvalue weighted by molar-refractivity contribution is 0.102. The summed E-state index contributed by atoms with van der Waals surface area (Å²) >= 11 is 0. The van der Waals surface area contributed by atoms with Crippen molar-refractivity contribution in [3.8, 4) is 0 Å². The molecule has 2 amide bonds. The molecular formula is C27H30N6O4. The maximum absolute atomic E-state index is 13.4. The third kappa shape index (κ3) is 5.11. The van der Waals surface area contributed by atoms with E-state index in [1.54, 1.807) is 18.3 Å². The number of aromatic nitrogens is 2. The number of rotatable bonds is 5. The zero-order valence-corrected chi connectivity index (χ0v) is 20.6. The molecule has 10 heteroatoms. The van der Waals surface area contributed by atoms with Crippen molar-refractivity contribution in [3.05, 3.63) is 65.6 Å². The molecular weight excluding hydrogens is 472 g/mol. The average molecular weight is 503 g/mol. The van der Waals surface area contributed by atoms with E-state index in [-0.39, 0.29) is 17.3 Å². The fourth-order valence-corrected chi connectivity index (χ4v) is 5.29. The van der Waals surface area contributed by atoms with Gasteiger partial charge in [0.25, 0.3) is 5.91 Å². The predicted octanol–water partition coefficient (Wildman–Crippen LogP) is 3.36. The number of ether oxygens (including phenoxy) is 1. The molecule has 1 fully saturated rings. The lowest BCUT2D eigenvalue weighted by atomic mass is 9.78. The molecule has 37 heavy (non-hydrogen) atoms.